The first-order chi connectivity index (χ1) is 28.7. The zero-order chi connectivity index (χ0) is 44.1. The number of amides is 4. The van der Waals surface area contributed by atoms with Crippen LogP contribution in [0.1, 0.15) is 41.0 Å². The Morgan fingerprint density at radius 1 is 0.820 bits per heavy atom. The molecule has 2 aliphatic heterocycles. The summed E-state index contributed by atoms with van der Waals surface area (Å²) in [6.07, 6.45) is -9.34. The minimum atomic E-state index is -5.26. The molecule has 6 unspecified atom stereocenters. The van der Waals surface area contributed by atoms with Gasteiger partial charge in [-0.3, -0.25) is 24.6 Å². The average Bonchev–Trinajstić information content (AvgIpc) is 3.59. The predicted molar refractivity (Wildman–Crippen MR) is 217 cm³/mol. The van der Waals surface area contributed by atoms with Crippen molar-refractivity contribution >= 4 is 80.8 Å². The van der Waals surface area contributed by atoms with Gasteiger partial charge in [0, 0.05) is 10.9 Å². The first-order valence-electron chi connectivity index (χ1n) is 18.4. The van der Waals surface area contributed by atoms with Crippen LogP contribution in [-0.2, 0) is 36.9 Å². The Bertz CT molecular complexity index is 2540. The third kappa shape index (κ3) is 6.77. The maximum atomic E-state index is 15.5. The number of rotatable bonds is 7. The van der Waals surface area contributed by atoms with Gasteiger partial charge in [0.2, 0.25) is 11.8 Å². The van der Waals surface area contributed by atoms with Crippen LogP contribution < -0.4 is 19.8 Å². The number of ether oxygens (including phenoxy) is 2. The fraction of sp³-hybridized carbons (Fsp3) is 0.286. The number of phenols is 1. The van der Waals surface area contributed by atoms with Crippen LogP contribution in [0.2, 0.25) is 10.0 Å². The summed E-state index contributed by atoms with van der Waals surface area (Å²) in [5, 5.41) is 12.1. The number of methoxy groups -OCH3 is 2. The summed E-state index contributed by atoms with van der Waals surface area (Å²) >= 11 is 14.5. The quantitative estimate of drug-likeness (QED) is 0.0813. The molecule has 0 aromatic heterocycles. The highest BCUT2D eigenvalue weighted by Gasteiger charge is 2.70. The highest BCUT2D eigenvalue weighted by molar-refractivity contribution is 14.1. The van der Waals surface area contributed by atoms with Gasteiger partial charge in [0.1, 0.15) is 5.75 Å². The van der Waals surface area contributed by atoms with E-state index in [9.17, 15) is 41.0 Å². The van der Waals surface area contributed by atoms with Crippen molar-refractivity contribution in [2.45, 2.75) is 36.5 Å². The summed E-state index contributed by atoms with van der Waals surface area (Å²) in [5.41, 5.74) is -2.08. The zero-order valence-corrected chi connectivity index (χ0v) is 35.2. The number of nitrogens with zero attached hydrogens (tertiary/aromatic N) is 2. The number of hydrogen-bond acceptors (Lipinski definition) is 8. The van der Waals surface area contributed by atoms with Gasteiger partial charge >= 0.3 is 12.4 Å². The molecular weight excluding hydrogens is 970 g/mol. The van der Waals surface area contributed by atoms with Crippen molar-refractivity contribution in [2.24, 2.45) is 23.7 Å². The summed E-state index contributed by atoms with van der Waals surface area (Å²) in [6, 6.07) is 14.4. The molecule has 4 aliphatic rings. The topological polar surface area (TPSA) is 125 Å². The normalized spacial score (nSPS) is 25.0. The molecule has 0 spiro atoms. The Balaban J connectivity index is 1.34. The standard InChI is InChI=1S/C42H30Cl2F6IN3O7/c1-60-24-6-3-19(4-7-24)40-28(37(57)54(39(40)59)52-31-10-5-22(43)16-29(31)44)17-27-25(34(40)18-11-30(51)35(55)32(12-18)61-2)8-9-26-33(27)38(58)53(36(26)56)23-14-20(41(45,46)47)13-21(15-23)42(48,49)50/h3-8,10-16,26-28,33-34,52,55H,9,17H2,1-2H3. The molecule has 61 heavy (non-hydrogen) atoms. The first kappa shape index (κ1) is 42.7. The molecular formula is C42H30Cl2F6IN3O7. The van der Waals surface area contributed by atoms with E-state index in [4.69, 9.17) is 32.7 Å². The van der Waals surface area contributed by atoms with Crippen molar-refractivity contribution < 1.29 is 60.1 Å². The molecule has 2 N–H and O–H groups in total. The largest absolute Gasteiger partial charge is 0.504 e. The van der Waals surface area contributed by atoms with E-state index in [0.717, 1.165) is 5.01 Å². The Labute approximate surface area is 366 Å². The van der Waals surface area contributed by atoms with Crippen LogP contribution in [0.5, 0.6) is 17.2 Å². The molecule has 4 aromatic rings. The van der Waals surface area contributed by atoms with Crippen molar-refractivity contribution in [1.82, 2.24) is 5.01 Å². The molecule has 1 saturated carbocycles. The molecule has 6 atom stereocenters. The molecule has 8 rings (SSSR count). The SMILES string of the molecule is COc1ccc(C23C(=O)N(Nc4ccc(Cl)cc4Cl)C(=O)C2CC2C(=CCC4C(=O)N(c5cc(C(F)(F)F)cc(C(F)(F)F)c5)C(=O)C42)C3c2cc(I)c(O)c(OC)c2)cc1. The number of imide groups is 2. The van der Waals surface area contributed by atoms with E-state index in [1.54, 1.807) is 36.4 Å². The summed E-state index contributed by atoms with van der Waals surface area (Å²) in [5.74, 6) is -9.55. The van der Waals surface area contributed by atoms with E-state index in [0.29, 0.717) is 39.5 Å². The van der Waals surface area contributed by atoms with Crippen LogP contribution >= 0.6 is 45.8 Å². The second kappa shape index (κ2) is 15.1. The van der Waals surface area contributed by atoms with Crippen molar-refractivity contribution in [3.8, 4) is 17.2 Å². The predicted octanol–water partition coefficient (Wildman–Crippen LogP) is 9.55. The Morgan fingerprint density at radius 3 is 2.07 bits per heavy atom. The molecule has 318 valence electrons. The Morgan fingerprint density at radius 2 is 1.48 bits per heavy atom. The van der Waals surface area contributed by atoms with Crippen LogP contribution in [0.25, 0.3) is 0 Å². The van der Waals surface area contributed by atoms with Gasteiger partial charge in [-0.15, -0.1) is 0 Å². The fourth-order valence-corrected chi connectivity index (χ4v) is 10.5. The smallest absolute Gasteiger partial charge is 0.416 e. The van der Waals surface area contributed by atoms with E-state index in [2.05, 4.69) is 5.43 Å². The highest BCUT2D eigenvalue weighted by atomic mass is 127. The number of fused-ring (bicyclic) bond motifs is 4. The van der Waals surface area contributed by atoms with Gasteiger partial charge in [0.15, 0.2) is 11.5 Å². The number of hydrazine groups is 1. The van der Waals surface area contributed by atoms with Gasteiger partial charge in [-0.2, -0.15) is 31.4 Å². The summed E-state index contributed by atoms with van der Waals surface area (Å²) in [4.78, 5) is 59.7. The number of benzene rings is 4. The summed E-state index contributed by atoms with van der Waals surface area (Å²) < 4.78 is 95.1. The molecule has 2 aliphatic carbocycles. The minimum absolute atomic E-state index is 0.00255. The molecule has 2 saturated heterocycles. The third-order valence-corrected chi connectivity index (χ3v) is 13.4. The Kier molecular flexibility index (Phi) is 10.6. The van der Waals surface area contributed by atoms with E-state index < -0.39 is 87.8 Å². The van der Waals surface area contributed by atoms with E-state index in [1.165, 1.54) is 38.5 Å². The lowest BCUT2D eigenvalue weighted by Crippen LogP contribution is -2.53. The molecule has 19 heteroatoms. The van der Waals surface area contributed by atoms with Crippen LogP contribution in [0.3, 0.4) is 0 Å². The van der Waals surface area contributed by atoms with Gasteiger partial charge in [-0.05, 0) is 113 Å². The lowest BCUT2D eigenvalue weighted by atomic mass is 9.49. The number of alkyl halides is 6. The minimum Gasteiger partial charge on any atom is -0.504 e. The van der Waals surface area contributed by atoms with Crippen LogP contribution in [0, 0.1) is 27.2 Å². The second-order valence-electron chi connectivity index (χ2n) is 15.0. The monoisotopic (exact) mass is 999 g/mol. The van der Waals surface area contributed by atoms with Crippen molar-refractivity contribution in [2.75, 3.05) is 24.5 Å². The zero-order valence-electron chi connectivity index (χ0n) is 31.5. The Hall–Kier alpha value is -5.01. The lowest BCUT2D eigenvalue weighted by Gasteiger charge is -2.50. The maximum Gasteiger partial charge on any atom is 0.416 e. The van der Waals surface area contributed by atoms with Crippen molar-refractivity contribution in [3.63, 3.8) is 0 Å². The molecule has 2 heterocycles. The number of anilines is 2. The summed E-state index contributed by atoms with van der Waals surface area (Å²) in [6.45, 7) is 0. The number of halogens is 9. The van der Waals surface area contributed by atoms with Crippen LogP contribution in [0.15, 0.2) is 84.4 Å². The fourth-order valence-electron chi connectivity index (χ4n) is 9.46. The van der Waals surface area contributed by atoms with E-state index in [-0.39, 0.29) is 49.7 Å². The van der Waals surface area contributed by atoms with Gasteiger partial charge < -0.3 is 14.6 Å². The number of aromatic hydroxyl groups is 1. The number of phenolic OH excluding ortho intramolecular Hbond substituents is 1. The van der Waals surface area contributed by atoms with Gasteiger partial charge in [-0.1, -0.05) is 47.0 Å². The van der Waals surface area contributed by atoms with Gasteiger partial charge in [0.05, 0.1) is 68.5 Å². The van der Waals surface area contributed by atoms with Crippen molar-refractivity contribution in [1.29, 1.82) is 0 Å². The first-order valence-corrected chi connectivity index (χ1v) is 20.2. The molecule has 10 nitrogen and oxygen atoms in total. The highest BCUT2D eigenvalue weighted by Crippen LogP contribution is 2.65. The second-order valence-corrected chi connectivity index (χ2v) is 17.0. The average molecular weight is 1000 g/mol. The van der Waals surface area contributed by atoms with Gasteiger partial charge in [0.25, 0.3) is 11.8 Å². The molecule has 4 amide bonds. The molecule has 0 bridgehead atoms. The van der Waals surface area contributed by atoms with Crippen LogP contribution in [0.4, 0.5) is 37.7 Å². The number of carbonyl (C=O) groups is 4. The maximum absolute atomic E-state index is 15.5. The molecule has 3 fully saturated rings. The van der Waals surface area contributed by atoms with Crippen LogP contribution in [-0.4, -0.2) is 48.0 Å². The number of allylic oxidation sites excluding steroid dienone is 2. The van der Waals surface area contributed by atoms with E-state index in [1.807, 2.05) is 22.6 Å². The summed E-state index contributed by atoms with van der Waals surface area (Å²) in [7, 11) is 2.75. The molecule has 4 aromatic carbocycles. The number of hydrogen-bond donors (Lipinski definition) is 2. The third-order valence-electron chi connectivity index (χ3n) is 12.0. The van der Waals surface area contributed by atoms with Gasteiger partial charge in [-0.25, -0.2) is 4.90 Å². The number of carbonyl (C=O) groups excluding carboxylic acids is 4. The molecule has 0 radical (unpaired) electrons. The van der Waals surface area contributed by atoms with Crippen molar-refractivity contribution in [3.05, 3.63) is 120 Å². The van der Waals surface area contributed by atoms with E-state index >= 15 is 9.59 Å². The lowest BCUT2D eigenvalue weighted by molar-refractivity contribution is -0.143. The number of nitrogens with one attached hydrogen (secondary N) is 1.